The summed E-state index contributed by atoms with van der Waals surface area (Å²) >= 11 is 6.01. The van der Waals surface area contributed by atoms with E-state index in [0.29, 0.717) is 11.4 Å². The highest BCUT2D eigenvalue weighted by atomic mass is 35.5. The molecule has 0 spiro atoms. The van der Waals surface area contributed by atoms with Crippen LogP contribution in [0.1, 0.15) is 17.5 Å². The molecule has 0 aliphatic heterocycles. The van der Waals surface area contributed by atoms with Crippen LogP contribution in [-0.2, 0) is 22.9 Å². The number of sulfonamides is 1. The van der Waals surface area contributed by atoms with Crippen molar-refractivity contribution in [1.29, 1.82) is 0 Å². The van der Waals surface area contributed by atoms with Crippen LogP contribution >= 0.6 is 11.6 Å². The number of hydrogen-bond donors (Lipinski definition) is 2. The Morgan fingerprint density at radius 1 is 1.05 bits per heavy atom. The SMILES string of the molecule is Nc1ccc(NS(=O)(=O)c2ccc3c(c2)CCC3)c(Cl)c1. The minimum absolute atomic E-state index is 0.260. The number of aryl methyl sites for hydroxylation is 2. The Hall–Kier alpha value is -1.72. The van der Waals surface area contributed by atoms with Crippen molar-refractivity contribution in [3.63, 3.8) is 0 Å². The predicted octanol–water partition coefficient (Wildman–Crippen LogP) is 3.21. The van der Waals surface area contributed by atoms with Crippen molar-refractivity contribution < 1.29 is 8.42 Å². The zero-order valence-electron chi connectivity index (χ0n) is 11.3. The molecule has 0 aromatic heterocycles. The minimum atomic E-state index is -3.65. The highest BCUT2D eigenvalue weighted by molar-refractivity contribution is 7.92. The van der Waals surface area contributed by atoms with Gasteiger partial charge in [-0.1, -0.05) is 17.7 Å². The first-order valence-electron chi connectivity index (χ1n) is 6.65. The van der Waals surface area contributed by atoms with Gasteiger partial charge in [0.05, 0.1) is 15.6 Å². The molecule has 4 nitrogen and oxygen atoms in total. The van der Waals surface area contributed by atoms with Gasteiger partial charge >= 0.3 is 0 Å². The van der Waals surface area contributed by atoms with E-state index in [1.54, 1.807) is 24.3 Å². The quantitative estimate of drug-likeness (QED) is 0.852. The van der Waals surface area contributed by atoms with Gasteiger partial charge in [-0.15, -0.1) is 0 Å². The highest BCUT2D eigenvalue weighted by Gasteiger charge is 2.19. The predicted molar refractivity (Wildman–Crippen MR) is 85.1 cm³/mol. The molecule has 3 rings (SSSR count). The number of anilines is 2. The van der Waals surface area contributed by atoms with Crippen LogP contribution in [0.2, 0.25) is 5.02 Å². The number of benzene rings is 2. The van der Waals surface area contributed by atoms with E-state index in [4.69, 9.17) is 17.3 Å². The molecule has 1 aliphatic rings. The molecule has 2 aromatic carbocycles. The Morgan fingerprint density at radius 2 is 1.81 bits per heavy atom. The molecule has 2 aromatic rings. The number of fused-ring (bicyclic) bond motifs is 1. The van der Waals surface area contributed by atoms with E-state index < -0.39 is 10.0 Å². The van der Waals surface area contributed by atoms with Gasteiger partial charge in [0, 0.05) is 5.69 Å². The van der Waals surface area contributed by atoms with E-state index in [9.17, 15) is 8.42 Å². The summed E-state index contributed by atoms with van der Waals surface area (Å²) in [6, 6.07) is 9.95. The van der Waals surface area contributed by atoms with Gasteiger partial charge in [0.15, 0.2) is 0 Å². The van der Waals surface area contributed by atoms with Gasteiger partial charge in [-0.3, -0.25) is 4.72 Å². The Kier molecular flexibility index (Phi) is 3.55. The lowest BCUT2D eigenvalue weighted by Gasteiger charge is -2.11. The smallest absolute Gasteiger partial charge is 0.261 e. The molecule has 0 atom stereocenters. The third kappa shape index (κ3) is 2.84. The van der Waals surface area contributed by atoms with Gasteiger partial charge in [-0.25, -0.2) is 8.42 Å². The van der Waals surface area contributed by atoms with Gasteiger partial charge in [0.25, 0.3) is 10.0 Å². The van der Waals surface area contributed by atoms with E-state index in [2.05, 4.69) is 4.72 Å². The zero-order chi connectivity index (χ0) is 15.0. The monoisotopic (exact) mass is 322 g/mol. The number of halogens is 1. The van der Waals surface area contributed by atoms with Crippen LogP contribution in [0.15, 0.2) is 41.3 Å². The summed E-state index contributed by atoms with van der Waals surface area (Å²) in [4.78, 5) is 0.260. The first-order valence-corrected chi connectivity index (χ1v) is 8.51. The molecule has 1 aliphatic carbocycles. The first kappa shape index (κ1) is 14.2. The van der Waals surface area contributed by atoms with Crippen molar-refractivity contribution in [3.8, 4) is 0 Å². The molecule has 0 fully saturated rings. The fourth-order valence-corrected chi connectivity index (χ4v) is 3.96. The lowest BCUT2D eigenvalue weighted by atomic mass is 10.1. The summed E-state index contributed by atoms with van der Waals surface area (Å²) in [7, 11) is -3.65. The average molecular weight is 323 g/mol. The Balaban J connectivity index is 1.93. The molecule has 0 amide bonds. The summed E-state index contributed by atoms with van der Waals surface area (Å²) in [6.45, 7) is 0. The van der Waals surface area contributed by atoms with Crippen molar-refractivity contribution in [3.05, 3.63) is 52.5 Å². The molecule has 110 valence electrons. The van der Waals surface area contributed by atoms with Crippen molar-refractivity contribution in [2.24, 2.45) is 0 Å². The summed E-state index contributed by atoms with van der Waals surface area (Å²) in [6.07, 6.45) is 3.03. The van der Waals surface area contributed by atoms with E-state index in [1.165, 1.54) is 11.6 Å². The average Bonchev–Trinajstić information content (AvgIpc) is 2.89. The van der Waals surface area contributed by atoms with E-state index in [0.717, 1.165) is 24.8 Å². The highest BCUT2D eigenvalue weighted by Crippen LogP contribution is 2.29. The molecule has 21 heavy (non-hydrogen) atoms. The number of nitrogen functional groups attached to an aromatic ring is 1. The minimum Gasteiger partial charge on any atom is -0.399 e. The van der Waals surface area contributed by atoms with Crippen LogP contribution in [-0.4, -0.2) is 8.42 Å². The van der Waals surface area contributed by atoms with Crippen molar-refractivity contribution >= 4 is 33.0 Å². The topological polar surface area (TPSA) is 72.2 Å². The second kappa shape index (κ2) is 5.24. The van der Waals surface area contributed by atoms with Gasteiger partial charge in [0.2, 0.25) is 0 Å². The fourth-order valence-electron chi connectivity index (χ4n) is 2.53. The Labute approximate surface area is 129 Å². The number of nitrogens with one attached hydrogen (secondary N) is 1. The molecular formula is C15H15ClN2O2S. The van der Waals surface area contributed by atoms with Crippen LogP contribution in [0.25, 0.3) is 0 Å². The fraction of sp³-hybridized carbons (Fsp3) is 0.200. The van der Waals surface area contributed by atoms with Gasteiger partial charge in [0.1, 0.15) is 0 Å². The lowest BCUT2D eigenvalue weighted by molar-refractivity contribution is 0.601. The van der Waals surface area contributed by atoms with Crippen LogP contribution in [0.5, 0.6) is 0 Å². The third-order valence-corrected chi connectivity index (χ3v) is 5.29. The summed E-state index contributed by atoms with van der Waals surface area (Å²) in [5.41, 5.74) is 8.76. The standard InChI is InChI=1S/C15H15ClN2O2S/c16-14-9-12(17)5-7-15(14)18-21(19,20)13-6-4-10-2-1-3-11(10)8-13/h4-9,18H,1-3,17H2. The first-order chi connectivity index (χ1) is 9.95. The molecule has 0 bridgehead atoms. The molecule has 0 radical (unpaired) electrons. The second-order valence-corrected chi connectivity index (χ2v) is 7.22. The normalized spacial score (nSPS) is 14.0. The Morgan fingerprint density at radius 3 is 2.57 bits per heavy atom. The molecule has 0 saturated heterocycles. The molecular weight excluding hydrogens is 308 g/mol. The van der Waals surface area contributed by atoms with E-state index in [1.807, 2.05) is 6.07 Å². The van der Waals surface area contributed by atoms with Crippen molar-refractivity contribution in [1.82, 2.24) is 0 Å². The molecule has 0 saturated carbocycles. The summed E-state index contributed by atoms with van der Waals surface area (Å²) in [5.74, 6) is 0. The number of rotatable bonds is 3. The van der Waals surface area contributed by atoms with Crippen LogP contribution in [0, 0.1) is 0 Å². The largest absolute Gasteiger partial charge is 0.399 e. The third-order valence-electron chi connectivity index (χ3n) is 3.62. The maximum absolute atomic E-state index is 12.4. The molecule has 6 heteroatoms. The van der Waals surface area contributed by atoms with E-state index in [-0.39, 0.29) is 9.92 Å². The zero-order valence-corrected chi connectivity index (χ0v) is 12.8. The summed E-state index contributed by atoms with van der Waals surface area (Å²) in [5, 5.41) is 0.278. The summed E-state index contributed by atoms with van der Waals surface area (Å²) < 4.78 is 27.4. The van der Waals surface area contributed by atoms with Crippen LogP contribution < -0.4 is 10.5 Å². The number of hydrogen-bond acceptors (Lipinski definition) is 3. The second-order valence-electron chi connectivity index (χ2n) is 5.13. The van der Waals surface area contributed by atoms with Crippen LogP contribution in [0.3, 0.4) is 0 Å². The van der Waals surface area contributed by atoms with Gasteiger partial charge in [-0.2, -0.15) is 0 Å². The van der Waals surface area contributed by atoms with Crippen molar-refractivity contribution in [2.75, 3.05) is 10.5 Å². The van der Waals surface area contributed by atoms with Gasteiger partial charge < -0.3 is 5.73 Å². The van der Waals surface area contributed by atoms with Gasteiger partial charge in [-0.05, 0) is 60.7 Å². The maximum Gasteiger partial charge on any atom is 0.261 e. The molecule has 0 unspecified atom stereocenters. The maximum atomic E-state index is 12.4. The molecule has 3 N–H and O–H groups in total. The molecule has 0 heterocycles. The number of nitrogens with two attached hydrogens (primary N) is 1. The van der Waals surface area contributed by atoms with Crippen molar-refractivity contribution in [2.45, 2.75) is 24.2 Å². The lowest BCUT2D eigenvalue weighted by Crippen LogP contribution is -2.13. The van der Waals surface area contributed by atoms with Crippen LogP contribution in [0.4, 0.5) is 11.4 Å². The van der Waals surface area contributed by atoms with E-state index >= 15 is 0 Å². The Bertz CT molecular complexity index is 803.